The maximum Gasteiger partial charge on any atom is 0.305 e. The molecule has 8 heteroatoms. The number of nitro groups is 1. The van der Waals surface area contributed by atoms with Crippen molar-refractivity contribution >= 4 is 15.5 Å². The molecule has 100 valence electrons. The van der Waals surface area contributed by atoms with E-state index in [9.17, 15) is 22.9 Å². The van der Waals surface area contributed by atoms with Gasteiger partial charge in [0.1, 0.15) is 0 Å². The van der Waals surface area contributed by atoms with Crippen LogP contribution in [0.15, 0.2) is 18.2 Å². The number of hydrogen-bond acceptors (Lipinski definition) is 5. The molecule has 0 aliphatic heterocycles. The highest BCUT2D eigenvalue weighted by Crippen LogP contribution is 2.22. The van der Waals surface area contributed by atoms with Crippen LogP contribution in [-0.2, 0) is 15.6 Å². The number of sulfone groups is 1. The standard InChI is InChI=1S/C10H13FN2O4S/c1-7(12)5-18(16,17)6-8-3-2-4-9(10(8)11)13(14)15/h2-4,7H,5-6,12H2,1H3. The van der Waals surface area contributed by atoms with E-state index in [0.717, 1.165) is 6.07 Å². The van der Waals surface area contributed by atoms with E-state index < -0.39 is 38.1 Å². The monoisotopic (exact) mass is 276 g/mol. The summed E-state index contributed by atoms with van der Waals surface area (Å²) in [7, 11) is -3.59. The third-order valence-corrected chi connectivity index (χ3v) is 3.93. The summed E-state index contributed by atoms with van der Waals surface area (Å²) in [4.78, 5) is 9.62. The second kappa shape index (κ2) is 5.40. The van der Waals surface area contributed by atoms with Gasteiger partial charge in [0, 0.05) is 17.7 Å². The summed E-state index contributed by atoms with van der Waals surface area (Å²) >= 11 is 0. The Balaban J connectivity index is 3.06. The fourth-order valence-corrected chi connectivity index (χ4v) is 3.13. The smallest absolute Gasteiger partial charge is 0.305 e. The Labute approximate surface area is 104 Å². The predicted molar refractivity (Wildman–Crippen MR) is 64.2 cm³/mol. The Morgan fingerprint density at radius 3 is 2.61 bits per heavy atom. The number of nitro benzene ring substituents is 1. The van der Waals surface area contributed by atoms with Crippen molar-refractivity contribution in [2.24, 2.45) is 5.73 Å². The van der Waals surface area contributed by atoms with Crippen molar-refractivity contribution < 1.29 is 17.7 Å². The highest BCUT2D eigenvalue weighted by molar-refractivity contribution is 7.90. The molecule has 18 heavy (non-hydrogen) atoms. The molecule has 0 aliphatic rings. The largest absolute Gasteiger partial charge is 0.327 e. The molecule has 0 spiro atoms. The summed E-state index contributed by atoms with van der Waals surface area (Å²) < 4.78 is 36.9. The van der Waals surface area contributed by atoms with Gasteiger partial charge in [0.05, 0.1) is 16.4 Å². The number of rotatable bonds is 5. The van der Waals surface area contributed by atoms with Crippen molar-refractivity contribution in [1.29, 1.82) is 0 Å². The van der Waals surface area contributed by atoms with E-state index in [2.05, 4.69) is 0 Å². The lowest BCUT2D eigenvalue weighted by Crippen LogP contribution is -2.27. The van der Waals surface area contributed by atoms with Gasteiger partial charge in [0.25, 0.3) is 0 Å². The second-order valence-electron chi connectivity index (χ2n) is 4.04. The van der Waals surface area contributed by atoms with Gasteiger partial charge in [-0.1, -0.05) is 12.1 Å². The first-order valence-electron chi connectivity index (χ1n) is 5.10. The predicted octanol–water partition coefficient (Wildman–Crippen LogP) is 0.996. The lowest BCUT2D eigenvalue weighted by molar-refractivity contribution is -0.387. The van der Waals surface area contributed by atoms with E-state index in [-0.39, 0.29) is 11.3 Å². The number of hydrogen-bond donors (Lipinski definition) is 1. The zero-order chi connectivity index (χ0) is 13.9. The van der Waals surface area contributed by atoms with Crippen molar-refractivity contribution in [2.75, 3.05) is 5.75 Å². The SMILES string of the molecule is CC(N)CS(=O)(=O)Cc1cccc([N+](=O)[O-])c1F. The van der Waals surface area contributed by atoms with Crippen molar-refractivity contribution in [2.45, 2.75) is 18.7 Å². The molecule has 0 saturated heterocycles. The van der Waals surface area contributed by atoms with Gasteiger partial charge in [-0.05, 0) is 6.92 Å². The summed E-state index contributed by atoms with van der Waals surface area (Å²) in [6.07, 6.45) is 0. The molecule has 1 unspecified atom stereocenters. The average Bonchev–Trinajstić information content (AvgIpc) is 2.18. The summed E-state index contributed by atoms with van der Waals surface area (Å²) in [5.74, 6) is -2.01. The molecule has 0 aliphatic carbocycles. The molecule has 1 aromatic carbocycles. The van der Waals surface area contributed by atoms with Gasteiger partial charge < -0.3 is 5.73 Å². The van der Waals surface area contributed by atoms with E-state index in [4.69, 9.17) is 5.73 Å². The number of benzene rings is 1. The molecule has 1 atom stereocenters. The minimum Gasteiger partial charge on any atom is -0.327 e. The molecule has 1 rings (SSSR count). The third kappa shape index (κ3) is 3.74. The van der Waals surface area contributed by atoms with Crippen LogP contribution in [0.2, 0.25) is 0 Å². The van der Waals surface area contributed by atoms with Gasteiger partial charge in [0.15, 0.2) is 9.84 Å². The van der Waals surface area contributed by atoms with Crippen molar-refractivity contribution in [1.82, 2.24) is 0 Å². The molecule has 0 aromatic heterocycles. The highest BCUT2D eigenvalue weighted by Gasteiger charge is 2.22. The van der Waals surface area contributed by atoms with Crippen LogP contribution < -0.4 is 5.73 Å². The normalized spacial score (nSPS) is 13.3. The molecule has 0 heterocycles. The van der Waals surface area contributed by atoms with Crippen LogP contribution in [0.25, 0.3) is 0 Å². The Bertz CT molecular complexity index is 557. The minimum absolute atomic E-state index is 0.218. The first kappa shape index (κ1) is 14.5. The van der Waals surface area contributed by atoms with E-state index in [1.54, 1.807) is 0 Å². The maximum absolute atomic E-state index is 13.7. The Hall–Kier alpha value is -1.54. The Morgan fingerprint density at radius 1 is 1.50 bits per heavy atom. The zero-order valence-corrected chi connectivity index (χ0v) is 10.5. The maximum atomic E-state index is 13.7. The molecule has 6 nitrogen and oxygen atoms in total. The topological polar surface area (TPSA) is 103 Å². The second-order valence-corrected chi connectivity index (χ2v) is 6.15. The molecule has 2 N–H and O–H groups in total. The summed E-state index contributed by atoms with van der Waals surface area (Å²) in [5, 5.41) is 10.5. The van der Waals surface area contributed by atoms with Crippen LogP contribution in [0.4, 0.5) is 10.1 Å². The van der Waals surface area contributed by atoms with Crippen LogP contribution >= 0.6 is 0 Å². The third-order valence-electron chi connectivity index (χ3n) is 2.15. The Kier molecular flexibility index (Phi) is 4.36. The van der Waals surface area contributed by atoms with E-state index in [1.807, 2.05) is 0 Å². The fourth-order valence-electron chi connectivity index (χ4n) is 1.52. The van der Waals surface area contributed by atoms with Gasteiger partial charge in [-0.25, -0.2) is 8.42 Å². The van der Waals surface area contributed by atoms with Crippen LogP contribution in [0.1, 0.15) is 12.5 Å². The molecular weight excluding hydrogens is 263 g/mol. The van der Waals surface area contributed by atoms with Crippen molar-refractivity contribution in [3.8, 4) is 0 Å². The number of nitrogens with zero attached hydrogens (tertiary/aromatic N) is 1. The summed E-state index contributed by atoms with van der Waals surface area (Å²) in [5.41, 5.74) is 4.42. The van der Waals surface area contributed by atoms with E-state index in [0.29, 0.717) is 0 Å². The van der Waals surface area contributed by atoms with Crippen LogP contribution in [0.3, 0.4) is 0 Å². The van der Waals surface area contributed by atoms with E-state index in [1.165, 1.54) is 19.1 Å². The van der Waals surface area contributed by atoms with E-state index >= 15 is 0 Å². The highest BCUT2D eigenvalue weighted by atomic mass is 32.2. The lowest BCUT2D eigenvalue weighted by Gasteiger charge is -2.07. The van der Waals surface area contributed by atoms with Crippen molar-refractivity contribution in [3.63, 3.8) is 0 Å². The molecule has 0 fully saturated rings. The van der Waals surface area contributed by atoms with Crippen LogP contribution in [0.5, 0.6) is 0 Å². The van der Waals surface area contributed by atoms with Gasteiger partial charge in [-0.2, -0.15) is 4.39 Å². The number of halogens is 1. The van der Waals surface area contributed by atoms with Crippen molar-refractivity contribution in [3.05, 3.63) is 39.7 Å². The quantitative estimate of drug-likeness (QED) is 0.638. The minimum atomic E-state index is -3.59. The first-order valence-corrected chi connectivity index (χ1v) is 6.93. The van der Waals surface area contributed by atoms with Gasteiger partial charge >= 0.3 is 5.69 Å². The summed E-state index contributed by atoms with van der Waals surface area (Å²) in [6.45, 7) is 1.52. The summed E-state index contributed by atoms with van der Waals surface area (Å²) in [6, 6.07) is 2.87. The molecule has 0 bridgehead atoms. The van der Waals surface area contributed by atoms with Crippen LogP contribution in [-0.4, -0.2) is 25.1 Å². The lowest BCUT2D eigenvalue weighted by atomic mass is 10.2. The van der Waals surface area contributed by atoms with Gasteiger partial charge in [-0.15, -0.1) is 0 Å². The van der Waals surface area contributed by atoms with Gasteiger partial charge in [-0.3, -0.25) is 10.1 Å². The first-order chi connectivity index (χ1) is 8.23. The fraction of sp³-hybridized carbons (Fsp3) is 0.400. The molecule has 0 saturated carbocycles. The molecule has 0 amide bonds. The average molecular weight is 276 g/mol. The van der Waals surface area contributed by atoms with Gasteiger partial charge in [0.2, 0.25) is 5.82 Å². The Morgan fingerprint density at radius 2 is 2.11 bits per heavy atom. The molecular formula is C10H13FN2O4S. The molecule has 1 aromatic rings. The van der Waals surface area contributed by atoms with Crippen LogP contribution in [0, 0.1) is 15.9 Å². The zero-order valence-electron chi connectivity index (χ0n) is 9.67. The number of nitrogens with two attached hydrogens (primary N) is 1. The molecule has 0 radical (unpaired) electrons.